The van der Waals surface area contributed by atoms with E-state index in [0.717, 1.165) is 25.7 Å². The summed E-state index contributed by atoms with van der Waals surface area (Å²) < 4.78 is 12.9. The van der Waals surface area contributed by atoms with Crippen LogP contribution in [0.3, 0.4) is 0 Å². The summed E-state index contributed by atoms with van der Waals surface area (Å²) in [5.74, 6) is 0.719. The number of fused-ring (bicyclic) bond motifs is 2. The molecule has 8 heteroatoms. The summed E-state index contributed by atoms with van der Waals surface area (Å²) in [7, 11) is 0. The van der Waals surface area contributed by atoms with Gasteiger partial charge in [-0.25, -0.2) is 9.18 Å². The zero-order valence-electron chi connectivity index (χ0n) is 15.1. The van der Waals surface area contributed by atoms with Gasteiger partial charge in [0, 0.05) is 30.9 Å². The smallest absolute Gasteiger partial charge is 0.319 e. The Balaban J connectivity index is 0.00000210. The van der Waals surface area contributed by atoms with Crippen molar-refractivity contribution in [2.45, 2.75) is 37.8 Å². The van der Waals surface area contributed by atoms with E-state index < -0.39 is 0 Å². The Hall–Kier alpha value is -1.86. The SMILES string of the molecule is Cl.NC1C2CCC(C2)C1C(=O)N1CCC(NC(=O)Nc2ccc(F)cc2)C1. The predicted octanol–water partition coefficient (Wildman–Crippen LogP) is 2.34. The summed E-state index contributed by atoms with van der Waals surface area (Å²) >= 11 is 0. The van der Waals surface area contributed by atoms with E-state index in [-0.39, 0.29) is 48.2 Å². The number of carbonyl (C=O) groups excluding carboxylic acids is 2. The van der Waals surface area contributed by atoms with E-state index in [1.165, 1.54) is 24.3 Å². The quantitative estimate of drug-likeness (QED) is 0.732. The van der Waals surface area contributed by atoms with Gasteiger partial charge in [0.1, 0.15) is 5.82 Å². The van der Waals surface area contributed by atoms with E-state index in [0.29, 0.717) is 30.6 Å². The number of rotatable bonds is 3. The summed E-state index contributed by atoms with van der Waals surface area (Å²) in [4.78, 5) is 26.8. The number of hydrogen-bond donors (Lipinski definition) is 3. The van der Waals surface area contributed by atoms with Crippen molar-refractivity contribution in [3.05, 3.63) is 30.1 Å². The second kappa shape index (κ2) is 8.02. The third-order valence-corrected chi connectivity index (χ3v) is 6.20. The molecular formula is C19H26ClFN4O2. The lowest BCUT2D eigenvalue weighted by molar-refractivity contribution is -0.136. The van der Waals surface area contributed by atoms with E-state index in [1.807, 2.05) is 4.90 Å². The van der Waals surface area contributed by atoms with Crippen molar-refractivity contribution in [1.82, 2.24) is 10.2 Å². The number of likely N-dealkylation sites (tertiary alicyclic amines) is 1. The van der Waals surface area contributed by atoms with Gasteiger partial charge in [-0.15, -0.1) is 12.4 Å². The summed E-state index contributed by atoms with van der Waals surface area (Å²) in [6, 6.07) is 5.19. The minimum atomic E-state index is -0.347. The molecule has 1 saturated heterocycles. The summed E-state index contributed by atoms with van der Waals surface area (Å²) in [5, 5.41) is 5.58. The highest BCUT2D eigenvalue weighted by atomic mass is 35.5. The van der Waals surface area contributed by atoms with Crippen LogP contribution in [0, 0.1) is 23.6 Å². The molecule has 2 bridgehead atoms. The Morgan fingerprint density at radius 1 is 1.11 bits per heavy atom. The first kappa shape index (κ1) is 19.9. The fraction of sp³-hybridized carbons (Fsp3) is 0.579. The lowest BCUT2D eigenvalue weighted by Crippen LogP contribution is -2.47. The number of halogens is 2. The maximum absolute atomic E-state index is 12.9. The lowest BCUT2D eigenvalue weighted by Gasteiger charge is -2.30. The lowest BCUT2D eigenvalue weighted by atomic mass is 9.84. The molecule has 3 aliphatic rings. The first-order valence-electron chi connectivity index (χ1n) is 9.38. The Kier molecular flexibility index (Phi) is 5.91. The van der Waals surface area contributed by atoms with Gasteiger partial charge in [0.05, 0.1) is 5.92 Å². The number of nitrogens with one attached hydrogen (secondary N) is 2. The first-order chi connectivity index (χ1) is 12.5. The summed E-state index contributed by atoms with van der Waals surface area (Å²) in [5.41, 5.74) is 6.82. The molecule has 3 fully saturated rings. The molecule has 1 aromatic carbocycles. The topological polar surface area (TPSA) is 87.5 Å². The first-order valence-corrected chi connectivity index (χ1v) is 9.38. The Bertz CT molecular complexity index is 699. The molecule has 148 valence electrons. The van der Waals surface area contributed by atoms with Crippen molar-refractivity contribution in [3.63, 3.8) is 0 Å². The molecule has 4 rings (SSSR count). The average molecular weight is 397 g/mol. The molecule has 0 aromatic heterocycles. The van der Waals surface area contributed by atoms with Crippen molar-refractivity contribution in [2.75, 3.05) is 18.4 Å². The van der Waals surface area contributed by atoms with Crippen molar-refractivity contribution in [2.24, 2.45) is 23.5 Å². The highest BCUT2D eigenvalue weighted by molar-refractivity contribution is 5.89. The molecule has 4 N–H and O–H groups in total. The van der Waals surface area contributed by atoms with E-state index in [2.05, 4.69) is 10.6 Å². The number of anilines is 1. The molecule has 5 unspecified atom stereocenters. The number of carbonyl (C=O) groups is 2. The maximum Gasteiger partial charge on any atom is 0.319 e. The standard InChI is InChI=1S/C19H25FN4O2.ClH/c20-13-3-5-14(6-4-13)22-19(26)23-15-7-8-24(10-15)18(25)16-11-1-2-12(9-11)17(16)21;/h3-6,11-12,15-17H,1-2,7-10,21H2,(H2,22,23,26);1H. The van der Waals surface area contributed by atoms with Gasteiger partial charge in [-0.3, -0.25) is 4.79 Å². The average Bonchev–Trinajstić information content (AvgIpc) is 3.32. The van der Waals surface area contributed by atoms with Crippen LogP contribution in [-0.2, 0) is 4.79 Å². The van der Waals surface area contributed by atoms with Crippen LogP contribution < -0.4 is 16.4 Å². The van der Waals surface area contributed by atoms with Crippen LogP contribution in [0.25, 0.3) is 0 Å². The number of amides is 3. The van der Waals surface area contributed by atoms with Crippen molar-refractivity contribution >= 4 is 30.0 Å². The maximum atomic E-state index is 12.9. The van der Waals surface area contributed by atoms with Crippen LogP contribution in [0.1, 0.15) is 25.7 Å². The summed E-state index contributed by atoms with van der Waals surface area (Å²) in [6.45, 7) is 1.18. The van der Waals surface area contributed by atoms with Gasteiger partial charge in [-0.1, -0.05) is 0 Å². The van der Waals surface area contributed by atoms with Gasteiger partial charge in [-0.05, 0) is 61.8 Å². The minimum Gasteiger partial charge on any atom is -0.340 e. The van der Waals surface area contributed by atoms with Crippen molar-refractivity contribution in [1.29, 1.82) is 0 Å². The number of nitrogens with two attached hydrogens (primary N) is 1. The summed E-state index contributed by atoms with van der Waals surface area (Å²) in [6.07, 6.45) is 4.10. The molecule has 2 aliphatic carbocycles. The van der Waals surface area contributed by atoms with E-state index in [9.17, 15) is 14.0 Å². The van der Waals surface area contributed by atoms with Crippen LogP contribution in [0.15, 0.2) is 24.3 Å². The van der Waals surface area contributed by atoms with Crippen LogP contribution in [-0.4, -0.2) is 42.0 Å². The van der Waals surface area contributed by atoms with Crippen LogP contribution in [0.4, 0.5) is 14.9 Å². The van der Waals surface area contributed by atoms with Crippen LogP contribution in [0.2, 0.25) is 0 Å². The number of benzene rings is 1. The highest BCUT2D eigenvalue weighted by Crippen LogP contribution is 2.48. The molecule has 6 nitrogen and oxygen atoms in total. The number of urea groups is 1. The second-order valence-corrected chi connectivity index (χ2v) is 7.81. The molecule has 1 heterocycles. The van der Waals surface area contributed by atoms with Gasteiger partial charge in [0.15, 0.2) is 0 Å². The van der Waals surface area contributed by atoms with Crippen molar-refractivity contribution in [3.8, 4) is 0 Å². The molecule has 0 radical (unpaired) electrons. The van der Waals surface area contributed by atoms with E-state index in [4.69, 9.17) is 5.73 Å². The molecule has 1 aliphatic heterocycles. The Labute approximate surface area is 164 Å². The van der Waals surface area contributed by atoms with Gasteiger partial charge >= 0.3 is 6.03 Å². The highest BCUT2D eigenvalue weighted by Gasteiger charge is 2.50. The minimum absolute atomic E-state index is 0. The zero-order chi connectivity index (χ0) is 18.3. The third-order valence-electron chi connectivity index (χ3n) is 6.20. The molecular weight excluding hydrogens is 371 g/mol. The van der Waals surface area contributed by atoms with Gasteiger partial charge in [-0.2, -0.15) is 0 Å². The Morgan fingerprint density at radius 2 is 1.81 bits per heavy atom. The molecule has 3 amide bonds. The number of nitrogens with zero attached hydrogens (tertiary/aromatic N) is 1. The van der Waals surface area contributed by atoms with Gasteiger partial charge in [0.2, 0.25) is 5.91 Å². The Morgan fingerprint density at radius 3 is 2.48 bits per heavy atom. The molecule has 1 aromatic rings. The third kappa shape index (κ3) is 4.04. The normalized spacial score (nSPS) is 31.5. The van der Waals surface area contributed by atoms with Crippen LogP contribution in [0.5, 0.6) is 0 Å². The number of hydrogen-bond acceptors (Lipinski definition) is 3. The molecule has 2 saturated carbocycles. The van der Waals surface area contributed by atoms with Crippen molar-refractivity contribution < 1.29 is 14.0 Å². The monoisotopic (exact) mass is 396 g/mol. The molecule has 0 spiro atoms. The zero-order valence-corrected chi connectivity index (χ0v) is 15.9. The van der Waals surface area contributed by atoms with Gasteiger partial charge < -0.3 is 21.3 Å². The predicted molar refractivity (Wildman–Crippen MR) is 103 cm³/mol. The van der Waals surface area contributed by atoms with Gasteiger partial charge in [0.25, 0.3) is 0 Å². The fourth-order valence-corrected chi connectivity index (χ4v) is 4.88. The van der Waals surface area contributed by atoms with E-state index in [1.54, 1.807) is 0 Å². The largest absolute Gasteiger partial charge is 0.340 e. The molecule has 27 heavy (non-hydrogen) atoms. The van der Waals surface area contributed by atoms with Crippen LogP contribution >= 0.6 is 12.4 Å². The van der Waals surface area contributed by atoms with E-state index >= 15 is 0 Å². The molecule has 5 atom stereocenters. The second-order valence-electron chi connectivity index (χ2n) is 7.81. The fourth-order valence-electron chi connectivity index (χ4n) is 4.88.